The molecule has 6 heteroatoms. The maximum Gasteiger partial charge on any atom is 0.241 e. The maximum absolute atomic E-state index is 12.9. The first kappa shape index (κ1) is 15.3. The SMILES string of the molecule is N[C@@H](Cc1ccc(O)cc1)C(=O)Nc1ccc(F)cc1Cl. The Hall–Kier alpha value is -2.11. The number of benzene rings is 2. The van der Waals surface area contributed by atoms with Crippen molar-refractivity contribution in [2.75, 3.05) is 5.32 Å². The summed E-state index contributed by atoms with van der Waals surface area (Å²) in [7, 11) is 0. The number of phenols is 1. The lowest BCUT2D eigenvalue weighted by molar-refractivity contribution is -0.117. The van der Waals surface area contributed by atoms with Crippen LogP contribution in [0.1, 0.15) is 5.56 Å². The summed E-state index contributed by atoms with van der Waals surface area (Å²) in [4.78, 5) is 12.0. The highest BCUT2D eigenvalue weighted by molar-refractivity contribution is 6.33. The van der Waals surface area contributed by atoms with Gasteiger partial charge in [0.25, 0.3) is 0 Å². The quantitative estimate of drug-likeness (QED) is 0.813. The summed E-state index contributed by atoms with van der Waals surface area (Å²) in [6, 6.07) is 9.34. The lowest BCUT2D eigenvalue weighted by Crippen LogP contribution is -2.37. The van der Waals surface area contributed by atoms with E-state index in [2.05, 4.69) is 5.32 Å². The fourth-order valence-electron chi connectivity index (χ4n) is 1.79. The summed E-state index contributed by atoms with van der Waals surface area (Å²) in [5, 5.41) is 11.9. The minimum Gasteiger partial charge on any atom is -0.508 e. The average Bonchev–Trinajstić information content (AvgIpc) is 2.44. The van der Waals surface area contributed by atoms with Crippen LogP contribution in [0, 0.1) is 5.82 Å². The number of aromatic hydroxyl groups is 1. The molecule has 0 aliphatic carbocycles. The highest BCUT2D eigenvalue weighted by atomic mass is 35.5. The van der Waals surface area contributed by atoms with Gasteiger partial charge < -0.3 is 16.2 Å². The zero-order valence-electron chi connectivity index (χ0n) is 11.0. The Labute approximate surface area is 126 Å². The Balaban J connectivity index is 2.00. The van der Waals surface area contributed by atoms with Crippen LogP contribution in [0.2, 0.25) is 5.02 Å². The van der Waals surface area contributed by atoms with E-state index in [1.165, 1.54) is 24.3 Å². The van der Waals surface area contributed by atoms with Crippen LogP contribution in [0.5, 0.6) is 5.75 Å². The second-order valence-corrected chi connectivity index (χ2v) is 5.00. The number of anilines is 1. The molecular formula is C15H14ClFN2O2. The fourth-order valence-corrected chi connectivity index (χ4v) is 2.01. The summed E-state index contributed by atoms with van der Waals surface area (Å²) >= 11 is 5.83. The first-order chi connectivity index (χ1) is 9.95. The predicted molar refractivity (Wildman–Crippen MR) is 79.8 cm³/mol. The molecule has 1 amide bonds. The van der Waals surface area contributed by atoms with E-state index in [0.717, 1.165) is 11.6 Å². The third kappa shape index (κ3) is 4.18. The third-order valence-corrected chi connectivity index (χ3v) is 3.23. The van der Waals surface area contributed by atoms with Crippen molar-refractivity contribution in [1.82, 2.24) is 0 Å². The Morgan fingerprint density at radius 3 is 2.57 bits per heavy atom. The van der Waals surface area contributed by atoms with Crippen LogP contribution in [-0.2, 0) is 11.2 Å². The number of amides is 1. The molecule has 0 aliphatic rings. The minimum absolute atomic E-state index is 0.111. The van der Waals surface area contributed by atoms with E-state index in [9.17, 15) is 14.3 Å². The van der Waals surface area contributed by atoms with Crippen molar-refractivity contribution in [3.8, 4) is 5.75 Å². The Morgan fingerprint density at radius 2 is 1.95 bits per heavy atom. The van der Waals surface area contributed by atoms with Crippen LogP contribution in [0.4, 0.5) is 10.1 Å². The van der Waals surface area contributed by atoms with Crippen LogP contribution >= 0.6 is 11.6 Å². The van der Waals surface area contributed by atoms with Gasteiger partial charge in [0.1, 0.15) is 11.6 Å². The Morgan fingerprint density at radius 1 is 1.29 bits per heavy atom. The van der Waals surface area contributed by atoms with Gasteiger partial charge in [-0.3, -0.25) is 4.79 Å². The van der Waals surface area contributed by atoms with E-state index in [1.54, 1.807) is 12.1 Å². The van der Waals surface area contributed by atoms with Gasteiger partial charge in [-0.15, -0.1) is 0 Å². The highest BCUT2D eigenvalue weighted by Crippen LogP contribution is 2.22. The molecular weight excluding hydrogens is 295 g/mol. The van der Waals surface area contributed by atoms with Gasteiger partial charge in [0.05, 0.1) is 16.8 Å². The van der Waals surface area contributed by atoms with Gasteiger partial charge in [-0.2, -0.15) is 0 Å². The Kier molecular flexibility index (Phi) is 4.77. The fraction of sp³-hybridized carbons (Fsp3) is 0.133. The van der Waals surface area contributed by atoms with Gasteiger partial charge in [0.2, 0.25) is 5.91 Å². The zero-order valence-corrected chi connectivity index (χ0v) is 11.8. The molecule has 0 bridgehead atoms. The third-order valence-electron chi connectivity index (χ3n) is 2.92. The van der Waals surface area contributed by atoms with Gasteiger partial charge in [-0.25, -0.2) is 4.39 Å². The van der Waals surface area contributed by atoms with Crippen molar-refractivity contribution < 1.29 is 14.3 Å². The predicted octanol–water partition coefficient (Wildman–Crippen LogP) is 2.69. The number of carbonyl (C=O) groups excluding carboxylic acids is 1. The molecule has 4 N–H and O–H groups in total. The van der Waals surface area contributed by atoms with Gasteiger partial charge in [0, 0.05) is 0 Å². The van der Waals surface area contributed by atoms with Crippen LogP contribution in [0.25, 0.3) is 0 Å². The summed E-state index contributed by atoms with van der Waals surface area (Å²) in [5.41, 5.74) is 6.95. The molecule has 0 fully saturated rings. The largest absolute Gasteiger partial charge is 0.508 e. The van der Waals surface area contributed by atoms with E-state index in [1.807, 2.05) is 0 Å². The van der Waals surface area contributed by atoms with E-state index < -0.39 is 17.8 Å². The summed E-state index contributed by atoms with van der Waals surface area (Å²) in [5.74, 6) is -0.752. The number of carbonyl (C=O) groups is 1. The first-order valence-corrected chi connectivity index (χ1v) is 6.63. The second kappa shape index (κ2) is 6.56. The van der Waals surface area contributed by atoms with E-state index in [-0.39, 0.29) is 10.8 Å². The molecule has 21 heavy (non-hydrogen) atoms. The van der Waals surface area contributed by atoms with Crippen molar-refractivity contribution in [3.63, 3.8) is 0 Å². The van der Waals surface area contributed by atoms with Crippen molar-refractivity contribution in [2.45, 2.75) is 12.5 Å². The highest BCUT2D eigenvalue weighted by Gasteiger charge is 2.15. The van der Waals surface area contributed by atoms with E-state index in [4.69, 9.17) is 17.3 Å². The molecule has 1 atom stereocenters. The summed E-state index contributed by atoms with van der Waals surface area (Å²) in [6.45, 7) is 0. The lowest BCUT2D eigenvalue weighted by atomic mass is 10.1. The van der Waals surface area contributed by atoms with Crippen LogP contribution < -0.4 is 11.1 Å². The Bertz CT molecular complexity index is 647. The monoisotopic (exact) mass is 308 g/mol. The number of nitrogens with one attached hydrogen (secondary N) is 1. The molecule has 0 radical (unpaired) electrons. The minimum atomic E-state index is -0.782. The second-order valence-electron chi connectivity index (χ2n) is 4.59. The number of rotatable bonds is 4. The van der Waals surface area contributed by atoms with Crippen LogP contribution in [0.3, 0.4) is 0 Å². The smallest absolute Gasteiger partial charge is 0.241 e. The molecule has 2 aromatic carbocycles. The molecule has 0 unspecified atom stereocenters. The van der Waals surface area contributed by atoms with Crippen LogP contribution in [-0.4, -0.2) is 17.1 Å². The van der Waals surface area contributed by atoms with Crippen molar-refractivity contribution in [1.29, 1.82) is 0 Å². The molecule has 0 aromatic heterocycles. The number of phenolic OH excluding ortho intramolecular Hbond substituents is 1. The molecule has 0 spiro atoms. The van der Waals surface area contributed by atoms with Gasteiger partial charge in [0.15, 0.2) is 0 Å². The molecule has 0 saturated carbocycles. The molecule has 0 heterocycles. The van der Waals surface area contributed by atoms with Crippen molar-refractivity contribution in [2.24, 2.45) is 5.73 Å². The number of nitrogens with two attached hydrogens (primary N) is 1. The summed E-state index contributed by atoms with van der Waals surface area (Å²) < 4.78 is 12.9. The molecule has 0 saturated heterocycles. The van der Waals surface area contributed by atoms with Gasteiger partial charge in [-0.05, 0) is 42.3 Å². The maximum atomic E-state index is 12.9. The standard InChI is InChI=1S/C15H14ClFN2O2/c16-12-8-10(17)3-6-14(12)19-15(21)13(18)7-9-1-4-11(20)5-2-9/h1-6,8,13,20H,7,18H2,(H,19,21)/t13-/m0/s1. The molecule has 0 aliphatic heterocycles. The molecule has 2 rings (SSSR count). The first-order valence-electron chi connectivity index (χ1n) is 6.25. The normalized spacial score (nSPS) is 12.0. The van der Waals surface area contributed by atoms with Gasteiger partial charge >= 0.3 is 0 Å². The zero-order chi connectivity index (χ0) is 15.4. The number of hydrogen-bond acceptors (Lipinski definition) is 3. The van der Waals surface area contributed by atoms with E-state index in [0.29, 0.717) is 12.1 Å². The van der Waals surface area contributed by atoms with E-state index >= 15 is 0 Å². The lowest BCUT2D eigenvalue weighted by Gasteiger charge is -2.13. The number of hydrogen-bond donors (Lipinski definition) is 3. The van der Waals surface area contributed by atoms with Gasteiger partial charge in [-0.1, -0.05) is 23.7 Å². The molecule has 4 nitrogen and oxygen atoms in total. The summed E-state index contributed by atoms with van der Waals surface area (Å²) in [6.07, 6.45) is 0.310. The average molecular weight is 309 g/mol. The van der Waals surface area contributed by atoms with Crippen molar-refractivity contribution in [3.05, 3.63) is 58.9 Å². The van der Waals surface area contributed by atoms with Crippen molar-refractivity contribution >= 4 is 23.2 Å². The number of halogens is 2. The molecule has 110 valence electrons. The topological polar surface area (TPSA) is 75.3 Å². The molecule has 2 aromatic rings. The van der Waals surface area contributed by atoms with Crippen LogP contribution in [0.15, 0.2) is 42.5 Å².